The Morgan fingerprint density at radius 3 is 2.23 bits per heavy atom. The molecule has 5 aliphatic carbocycles. The molecule has 1 aromatic rings. The van der Waals surface area contributed by atoms with Gasteiger partial charge in [0.25, 0.3) is 0 Å². The molecule has 1 amide bonds. The Morgan fingerprint density at radius 1 is 0.865 bits per heavy atom. The molecule has 288 valence electrons. The Morgan fingerprint density at radius 2 is 1.56 bits per heavy atom. The fourth-order valence-electron chi connectivity index (χ4n) is 13.5. The first-order valence-electron chi connectivity index (χ1n) is 20.1. The summed E-state index contributed by atoms with van der Waals surface area (Å²) in [6.45, 7) is 26.6. The van der Waals surface area contributed by atoms with Gasteiger partial charge in [0.15, 0.2) is 0 Å². The highest BCUT2D eigenvalue weighted by molar-refractivity contribution is 5.85. The zero-order valence-corrected chi connectivity index (χ0v) is 33.7. The van der Waals surface area contributed by atoms with Gasteiger partial charge in [0.05, 0.1) is 34.7 Å². The molecule has 0 aromatic carbocycles. The van der Waals surface area contributed by atoms with Gasteiger partial charge in [-0.1, -0.05) is 46.8 Å². The summed E-state index contributed by atoms with van der Waals surface area (Å²) in [6, 6.07) is -0.732. The van der Waals surface area contributed by atoms with E-state index in [4.69, 9.17) is 20.2 Å². The van der Waals surface area contributed by atoms with Crippen molar-refractivity contribution in [1.29, 1.82) is 0 Å². The number of hydrogen-bond acceptors (Lipinski definition) is 8. The summed E-state index contributed by atoms with van der Waals surface area (Å²) in [4.78, 5) is 48.9. The maximum absolute atomic E-state index is 14.5. The van der Waals surface area contributed by atoms with Crippen molar-refractivity contribution in [2.75, 3.05) is 6.54 Å². The molecular formula is C43H66N4O5. The van der Waals surface area contributed by atoms with E-state index in [1.54, 1.807) is 6.92 Å². The largest absolute Gasteiger partial charge is 0.460 e. The molecule has 6 rings (SSSR count). The quantitative estimate of drug-likeness (QED) is 0.209. The van der Waals surface area contributed by atoms with E-state index in [0.717, 1.165) is 87.0 Å². The van der Waals surface area contributed by atoms with Crippen LogP contribution in [0.1, 0.15) is 135 Å². The van der Waals surface area contributed by atoms with Crippen LogP contribution in [0.25, 0.3) is 0 Å². The molecule has 1 aromatic heterocycles. The number of carbonyl (C=O) groups excluding carboxylic acids is 3. The van der Waals surface area contributed by atoms with Crippen LogP contribution >= 0.6 is 0 Å². The third-order valence-corrected chi connectivity index (χ3v) is 16.5. The first-order valence-corrected chi connectivity index (χ1v) is 20.1. The van der Waals surface area contributed by atoms with Crippen molar-refractivity contribution < 1.29 is 23.9 Å². The van der Waals surface area contributed by atoms with Gasteiger partial charge in [0, 0.05) is 5.41 Å². The number of nitrogens with one attached hydrogen (secondary N) is 1. The Labute approximate surface area is 312 Å². The molecule has 0 bridgehead atoms. The van der Waals surface area contributed by atoms with Crippen LogP contribution in [0.5, 0.6) is 0 Å². The maximum atomic E-state index is 14.5. The highest BCUT2D eigenvalue weighted by Crippen LogP contribution is 2.77. The lowest BCUT2D eigenvalue weighted by atomic mass is 9.32. The Kier molecular flexibility index (Phi) is 10.1. The SMILES string of the molecule is C=C(C)[C@@H]1CC[C@]2(C(=O)OCc3nc(C)c(C)nc3C)CC[C@]3(C)[C@H](CC[C@@H]4[C@@]5(C)CC[C@H](OC(=O)[C@H](C)NC(=O)CN)C(C)(C)[C@@H]5CC[C@]43C)[C@@H]12. The standard InChI is InChI=1S/C43H66N4O5/c1-24(2)29-14-19-43(38(50)51-23-31-27(5)45-25(3)26(4)46-31)21-20-41(10)30(36(29)43)12-13-33-40(9)17-16-34(52-37(49)28(6)47-35(48)22-44)39(7,8)32(40)15-18-42(33,41)11/h28-30,32-34,36H,1,12-23,44H2,2-11H3,(H,47,48)/t28-,29-,30+,32-,33+,34-,36+,40-,41+,42+,43-/m0/s1. The number of amides is 1. The number of aryl methyl sites for hydroxylation is 3. The molecule has 0 saturated heterocycles. The molecule has 5 saturated carbocycles. The van der Waals surface area contributed by atoms with Crippen LogP contribution in [0, 0.1) is 77.4 Å². The molecule has 5 aliphatic rings. The minimum Gasteiger partial charge on any atom is -0.460 e. The van der Waals surface area contributed by atoms with Crippen molar-refractivity contribution in [3.8, 4) is 0 Å². The van der Waals surface area contributed by atoms with E-state index in [9.17, 15) is 14.4 Å². The van der Waals surface area contributed by atoms with Gasteiger partial charge in [0.1, 0.15) is 18.8 Å². The van der Waals surface area contributed by atoms with Crippen LogP contribution in [0.4, 0.5) is 0 Å². The minimum atomic E-state index is -0.732. The molecule has 1 heterocycles. The van der Waals surface area contributed by atoms with Gasteiger partial charge < -0.3 is 20.5 Å². The second-order valence-corrected chi connectivity index (χ2v) is 19.1. The molecule has 52 heavy (non-hydrogen) atoms. The molecule has 5 fully saturated rings. The predicted molar refractivity (Wildman–Crippen MR) is 202 cm³/mol. The van der Waals surface area contributed by atoms with Crippen molar-refractivity contribution in [3.05, 3.63) is 34.9 Å². The van der Waals surface area contributed by atoms with E-state index in [2.05, 4.69) is 58.4 Å². The van der Waals surface area contributed by atoms with Crippen LogP contribution in [0.3, 0.4) is 0 Å². The van der Waals surface area contributed by atoms with E-state index < -0.39 is 11.5 Å². The zero-order valence-electron chi connectivity index (χ0n) is 33.7. The third-order valence-electron chi connectivity index (χ3n) is 16.5. The lowest BCUT2D eigenvalue weighted by Crippen LogP contribution is -2.67. The molecule has 0 aliphatic heterocycles. The minimum absolute atomic E-state index is 0.0443. The predicted octanol–water partition coefficient (Wildman–Crippen LogP) is 7.48. The van der Waals surface area contributed by atoms with Gasteiger partial charge in [-0.3, -0.25) is 19.6 Å². The molecule has 9 nitrogen and oxygen atoms in total. The lowest BCUT2D eigenvalue weighted by Gasteiger charge is -2.72. The van der Waals surface area contributed by atoms with Gasteiger partial charge in [-0.15, -0.1) is 0 Å². The van der Waals surface area contributed by atoms with Crippen molar-refractivity contribution in [2.45, 2.75) is 152 Å². The Bertz CT molecular complexity index is 1620. The number of carbonyl (C=O) groups is 3. The summed E-state index contributed by atoms with van der Waals surface area (Å²) in [6.07, 6.45) is 9.84. The molecule has 0 radical (unpaired) electrons. The number of nitrogens with two attached hydrogens (primary N) is 1. The number of nitrogens with zero attached hydrogens (tertiary/aromatic N) is 2. The van der Waals surface area contributed by atoms with Gasteiger partial charge in [-0.2, -0.15) is 0 Å². The first-order chi connectivity index (χ1) is 24.3. The van der Waals surface area contributed by atoms with E-state index in [1.807, 2.05) is 20.8 Å². The van der Waals surface area contributed by atoms with E-state index >= 15 is 0 Å². The van der Waals surface area contributed by atoms with E-state index in [-0.39, 0.29) is 64.7 Å². The van der Waals surface area contributed by atoms with Crippen LogP contribution < -0.4 is 11.1 Å². The number of aromatic nitrogens is 2. The Hall–Kier alpha value is -2.81. The third kappa shape index (κ3) is 5.85. The van der Waals surface area contributed by atoms with Crippen LogP contribution in [-0.4, -0.2) is 46.5 Å². The molecule has 0 spiro atoms. The van der Waals surface area contributed by atoms with Crippen LogP contribution in [-0.2, 0) is 30.5 Å². The summed E-state index contributed by atoms with van der Waals surface area (Å²) >= 11 is 0. The topological polar surface area (TPSA) is 134 Å². The average molecular weight is 719 g/mol. The van der Waals surface area contributed by atoms with Crippen molar-refractivity contribution in [3.63, 3.8) is 0 Å². The summed E-state index contributed by atoms with van der Waals surface area (Å²) in [5, 5.41) is 2.66. The van der Waals surface area contributed by atoms with Crippen molar-refractivity contribution in [1.82, 2.24) is 15.3 Å². The number of ether oxygens (including phenoxy) is 2. The highest BCUT2D eigenvalue weighted by atomic mass is 16.5. The number of esters is 2. The summed E-state index contributed by atoms with van der Waals surface area (Å²) < 4.78 is 12.5. The van der Waals surface area contributed by atoms with Gasteiger partial charge in [-0.25, -0.2) is 4.79 Å². The van der Waals surface area contributed by atoms with E-state index in [0.29, 0.717) is 23.7 Å². The van der Waals surface area contributed by atoms with E-state index in [1.165, 1.54) is 5.57 Å². The zero-order chi connectivity index (χ0) is 38.2. The summed E-state index contributed by atoms with van der Waals surface area (Å²) in [7, 11) is 0. The number of hydrogen-bond donors (Lipinski definition) is 2. The monoisotopic (exact) mass is 719 g/mol. The van der Waals surface area contributed by atoms with Crippen LogP contribution in [0.15, 0.2) is 12.2 Å². The molecular weight excluding hydrogens is 652 g/mol. The molecule has 9 heteroatoms. The average Bonchev–Trinajstić information content (AvgIpc) is 3.48. The van der Waals surface area contributed by atoms with Crippen LogP contribution in [0.2, 0.25) is 0 Å². The summed E-state index contributed by atoms with van der Waals surface area (Å²) in [5.74, 6) is 1.10. The lowest BCUT2D eigenvalue weighted by molar-refractivity contribution is -0.251. The summed E-state index contributed by atoms with van der Waals surface area (Å²) in [5.41, 5.74) is 9.62. The number of fused-ring (bicyclic) bond motifs is 7. The normalized spacial score (nSPS) is 39.5. The number of allylic oxidation sites excluding steroid dienone is 1. The van der Waals surface area contributed by atoms with Gasteiger partial charge in [-0.05, 0) is 145 Å². The molecule has 11 atom stereocenters. The molecule has 3 N–H and O–H groups in total. The maximum Gasteiger partial charge on any atom is 0.328 e. The fraction of sp³-hybridized carbons (Fsp3) is 0.791. The Balaban J connectivity index is 1.25. The van der Waals surface area contributed by atoms with Gasteiger partial charge in [0.2, 0.25) is 5.91 Å². The van der Waals surface area contributed by atoms with Crippen molar-refractivity contribution >= 4 is 17.8 Å². The van der Waals surface area contributed by atoms with Crippen molar-refractivity contribution in [2.24, 2.45) is 62.4 Å². The fourth-order valence-corrected chi connectivity index (χ4v) is 13.5. The second-order valence-electron chi connectivity index (χ2n) is 19.1. The second kappa shape index (κ2) is 13.5. The highest BCUT2D eigenvalue weighted by Gasteiger charge is 2.72. The molecule has 0 unspecified atom stereocenters. The smallest absolute Gasteiger partial charge is 0.328 e. The first kappa shape index (κ1) is 38.9. The van der Waals surface area contributed by atoms with Gasteiger partial charge >= 0.3 is 11.9 Å². The number of rotatable bonds is 8.